The first kappa shape index (κ1) is 9.03. The molecule has 0 bridgehead atoms. The van der Waals surface area contributed by atoms with Crippen molar-refractivity contribution in [1.82, 2.24) is 9.78 Å². The van der Waals surface area contributed by atoms with E-state index in [4.69, 9.17) is 23.2 Å². The number of aryl methyl sites for hydroxylation is 1. The van der Waals surface area contributed by atoms with Gasteiger partial charge in [-0.15, -0.1) is 0 Å². The summed E-state index contributed by atoms with van der Waals surface area (Å²) in [6, 6.07) is 0. The summed E-state index contributed by atoms with van der Waals surface area (Å²) >= 11 is 11.3. The smallest absolute Gasteiger partial charge is 0.257 e. The molecule has 0 amide bonds. The van der Waals surface area contributed by atoms with Gasteiger partial charge in [0.15, 0.2) is 0 Å². The number of hydrogen-bond donors (Lipinski definition) is 0. The summed E-state index contributed by atoms with van der Waals surface area (Å²) < 4.78 is 1.49. The molecule has 1 aromatic heterocycles. The SMILES string of the molecule is Cn1nc(C2CC2)c(C(=O)Cl)c1Cl. The zero-order valence-corrected chi connectivity index (χ0v) is 8.56. The number of aromatic nitrogens is 2. The van der Waals surface area contributed by atoms with E-state index in [-0.39, 0.29) is 0 Å². The number of carbonyl (C=O) groups is 1. The number of halogens is 2. The summed E-state index contributed by atoms with van der Waals surface area (Å²) in [5, 5.41) is 3.99. The molecule has 0 N–H and O–H groups in total. The van der Waals surface area contributed by atoms with Gasteiger partial charge in [-0.2, -0.15) is 5.10 Å². The monoisotopic (exact) mass is 218 g/mol. The van der Waals surface area contributed by atoms with Crippen LogP contribution in [0.4, 0.5) is 0 Å². The fourth-order valence-corrected chi connectivity index (χ4v) is 1.80. The van der Waals surface area contributed by atoms with E-state index in [9.17, 15) is 4.79 Å². The molecule has 0 atom stereocenters. The molecule has 0 spiro atoms. The highest BCUT2D eigenvalue weighted by atomic mass is 35.5. The highest BCUT2D eigenvalue weighted by molar-refractivity contribution is 6.68. The van der Waals surface area contributed by atoms with Crippen molar-refractivity contribution < 1.29 is 4.79 Å². The molecule has 0 aliphatic heterocycles. The Morgan fingerprint density at radius 1 is 1.62 bits per heavy atom. The largest absolute Gasteiger partial charge is 0.275 e. The highest BCUT2D eigenvalue weighted by Gasteiger charge is 2.32. The van der Waals surface area contributed by atoms with E-state index in [1.54, 1.807) is 7.05 Å². The molecule has 0 aromatic carbocycles. The lowest BCUT2D eigenvalue weighted by molar-refractivity contribution is 0.108. The van der Waals surface area contributed by atoms with Crippen LogP contribution in [0.2, 0.25) is 5.15 Å². The molecular formula is C8H8Cl2N2O. The molecule has 13 heavy (non-hydrogen) atoms. The Morgan fingerprint density at radius 3 is 2.69 bits per heavy atom. The van der Waals surface area contributed by atoms with Crippen LogP contribution < -0.4 is 0 Å². The summed E-state index contributed by atoms with van der Waals surface area (Å²) in [4.78, 5) is 11.1. The normalized spacial score (nSPS) is 16.2. The molecule has 1 aliphatic carbocycles. The van der Waals surface area contributed by atoms with Crippen LogP contribution in [-0.4, -0.2) is 15.0 Å². The second-order valence-corrected chi connectivity index (χ2v) is 3.92. The molecule has 3 nitrogen and oxygen atoms in total. The van der Waals surface area contributed by atoms with Crippen molar-refractivity contribution in [3.05, 3.63) is 16.4 Å². The second kappa shape index (κ2) is 3.00. The maximum atomic E-state index is 11.1. The topological polar surface area (TPSA) is 34.9 Å². The van der Waals surface area contributed by atoms with Crippen molar-refractivity contribution in [2.75, 3.05) is 0 Å². The minimum atomic E-state index is -0.514. The van der Waals surface area contributed by atoms with Crippen molar-refractivity contribution in [3.63, 3.8) is 0 Å². The third-order valence-electron chi connectivity index (χ3n) is 2.16. The van der Waals surface area contributed by atoms with E-state index < -0.39 is 5.24 Å². The molecule has 1 fully saturated rings. The lowest BCUT2D eigenvalue weighted by Gasteiger charge is -1.92. The van der Waals surface area contributed by atoms with Gasteiger partial charge in [0.25, 0.3) is 5.24 Å². The molecule has 1 heterocycles. The molecule has 5 heteroatoms. The molecule has 70 valence electrons. The van der Waals surface area contributed by atoms with E-state index in [1.165, 1.54) is 4.68 Å². The fourth-order valence-electron chi connectivity index (χ4n) is 1.35. The molecule has 0 radical (unpaired) electrons. The quantitative estimate of drug-likeness (QED) is 0.715. The lowest BCUT2D eigenvalue weighted by atomic mass is 10.2. The van der Waals surface area contributed by atoms with E-state index >= 15 is 0 Å². The molecule has 1 saturated carbocycles. The van der Waals surface area contributed by atoms with Crippen molar-refractivity contribution in [1.29, 1.82) is 0 Å². The average Bonchev–Trinajstić information content (AvgIpc) is 2.80. The van der Waals surface area contributed by atoms with Crippen LogP contribution in [0.15, 0.2) is 0 Å². The Bertz CT molecular complexity index is 368. The molecule has 2 rings (SSSR count). The predicted octanol–water partition coefficient (Wildman–Crippen LogP) is 2.33. The molecule has 1 aromatic rings. The van der Waals surface area contributed by atoms with Gasteiger partial charge < -0.3 is 0 Å². The first-order valence-electron chi connectivity index (χ1n) is 4.03. The Labute approximate surface area is 85.6 Å². The molecule has 0 unspecified atom stereocenters. The second-order valence-electron chi connectivity index (χ2n) is 3.22. The number of rotatable bonds is 2. The zero-order valence-electron chi connectivity index (χ0n) is 7.05. The van der Waals surface area contributed by atoms with Crippen LogP contribution in [0.25, 0.3) is 0 Å². The van der Waals surface area contributed by atoms with Crippen LogP contribution in [0, 0.1) is 0 Å². The summed E-state index contributed by atoms with van der Waals surface area (Å²) in [7, 11) is 1.71. The van der Waals surface area contributed by atoms with Gasteiger partial charge in [0.1, 0.15) is 5.15 Å². The number of hydrogen-bond acceptors (Lipinski definition) is 2. The predicted molar refractivity (Wildman–Crippen MR) is 50.4 cm³/mol. The Balaban J connectivity index is 2.54. The molecule has 0 saturated heterocycles. The summed E-state index contributed by atoms with van der Waals surface area (Å²) in [5.41, 5.74) is 1.14. The molecular weight excluding hydrogens is 211 g/mol. The lowest BCUT2D eigenvalue weighted by Crippen LogP contribution is -1.93. The molecule has 1 aliphatic rings. The maximum Gasteiger partial charge on any atom is 0.257 e. The maximum absolute atomic E-state index is 11.1. The third kappa shape index (κ3) is 1.46. The van der Waals surface area contributed by atoms with Gasteiger partial charge >= 0.3 is 0 Å². The Hall–Kier alpha value is -0.540. The van der Waals surface area contributed by atoms with Crippen molar-refractivity contribution >= 4 is 28.4 Å². The minimum absolute atomic E-state index is 0.335. The summed E-state index contributed by atoms with van der Waals surface area (Å²) in [6.45, 7) is 0. The number of nitrogens with zero attached hydrogens (tertiary/aromatic N) is 2. The standard InChI is InChI=1S/C8H8Cl2N2O/c1-12-7(9)5(8(10)13)6(11-12)4-2-3-4/h4H,2-3H2,1H3. The van der Waals surface area contributed by atoms with Crippen molar-refractivity contribution in [2.45, 2.75) is 18.8 Å². The zero-order chi connectivity index (χ0) is 9.59. The van der Waals surface area contributed by atoms with Crippen LogP contribution >= 0.6 is 23.2 Å². The van der Waals surface area contributed by atoms with E-state index in [1.807, 2.05) is 0 Å². The van der Waals surface area contributed by atoms with Crippen LogP contribution in [-0.2, 0) is 7.05 Å². The van der Waals surface area contributed by atoms with Gasteiger partial charge in [-0.05, 0) is 24.4 Å². The average molecular weight is 219 g/mol. The van der Waals surface area contributed by atoms with E-state index in [2.05, 4.69) is 5.10 Å². The van der Waals surface area contributed by atoms with Crippen LogP contribution in [0.1, 0.15) is 34.8 Å². The van der Waals surface area contributed by atoms with Crippen LogP contribution in [0.3, 0.4) is 0 Å². The summed E-state index contributed by atoms with van der Waals surface area (Å²) in [5.74, 6) is 0.386. The van der Waals surface area contributed by atoms with E-state index in [0.717, 1.165) is 18.5 Å². The van der Waals surface area contributed by atoms with Gasteiger partial charge in [-0.25, -0.2) is 0 Å². The minimum Gasteiger partial charge on any atom is -0.275 e. The van der Waals surface area contributed by atoms with E-state index in [0.29, 0.717) is 16.6 Å². The summed E-state index contributed by atoms with van der Waals surface area (Å²) in [6.07, 6.45) is 2.15. The van der Waals surface area contributed by atoms with Crippen molar-refractivity contribution in [3.8, 4) is 0 Å². The Kier molecular flexibility index (Phi) is 2.08. The van der Waals surface area contributed by atoms with Gasteiger partial charge in [-0.3, -0.25) is 9.48 Å². The number of carbonyl (C=O) groups excluding carboxylic acids is 1. The van der Waals surface area contributed by atoms with Gasteiger partial charge in [0.05, 0.1) is 11.3 Å². The fraction of sp³-hybridized carbons (Fsp3) is 0.500. The first-order chi connectivity index (χ1) is 6.11. The first-order valence-corrected chi connectivity index (χ1v) is 4.79. The Morgan fingerprint density at radius 2 is 2.23 bits per heavy atom. The van der Waals surface area contributed by atoms with Crippen LogP contribution in [0.5, 0.6) is 0 Å². The van der Waals surface area contributed by atoms with Gasteiger partial charge in [0, 0.05) is 13.0 Å². The van der Waals surface area contributed by atoms with Gasteiger partial charge in [0.2, 0.25) is 0 Å². The van der Waals surface area contributed by atoms with Gasteiger partial charge in [-0.1, -0.05) is 11.6 Å². The van der Waals surface area contributed by atoms with Crippen molar-refractivity contribution in [2.24, 2.45) is 7.05 Å². The highest BCUT2D eigenvalue weighted by Crippen LogP contribution is 2.42. The third-order valence-corrected chi connectivity index (χ3v) is 2.79.